The van der Waals surface area contributed by atoms with Gasteiger partial charge >= 0.3 is 6.03 Å². The average molecular weight is 295 g/mol. The topological polar surface area (TPSA) is 82.7 Å². The molecule has 0 aliphatic carbocycles. The molecule has 2 heterocycles. The van der Waals surface area contributed by atoms with Crippen molar-refractivity contribution >= 4 is 23.0 Å². The maximum Gasteiger partial charge on any atom is 0.321 e. The van der Waals surface area contributed by atoms with Gasteiger partial charge in [-0.1, -0.05) is 19.1 Å². The van der Waals surface area contributed by atoms with Crippen LogP contribution in [0.1, 0.15) is 13.3 Å². The lowest BCUT2D eigenvalue weighted by molar-refractivity contribution is 0.252. The number of carbonyl (C=O) groups excluding carboxylic acids is 1. The van der Waals surface area contributed by atoms with Crippen LogP contribution < -0.4 is 10.6 Å². The summed E-state index contributed by atoms with van der Waals surface area (Å²) < 4.78 is 0. The van der Waals surface area contributed by atoms with Crippen LogP contribution >= 0.6 is 0 Å². The van der Waals surface area contributed by atoms with Gasteiger partial charge in [-0.15, -0.1) is 0 Å². The molecule has 0 unspecified atom stereocenters. The first-order valence-electron chi connectivity index (χ1n) is 7.21. The Bertz CT molecular complexity index is 782. The zero-order valence-corrected chi connectivity index (χ0v) is 12.3. The van der Waals surface area contributed by atoms with Crippen LogP contribution in [0, 0.1) is 0 Å². The molecule has 0 aliphatic heterocycles. The lowest BCUT2D eigenvalue weighted by Gasteiger charge is -2.02. The van der Waals surface area contributed by atoms with Gasteiger partial charge in [0.1, 0.15) is 0 Å². The zero-order valence-electron chi connectivity index (χ0n) is 12.3. The fourth-order valence-corrected chi connectivity index (χ4v) is 2.17. The number of imidazole rings is 1. The van der Waals surface area contributed by atoms with Gasteiger partial charge in [0.2, 0.25) is 5.95 Å². The van der Waals surface area contributed by atoms with Gasteiger partial charge in [0.15, 0.2) is 0 Å². The second kappa shape index (κ2) is 6.26. The fourth-order valence-electron chi connectivity index (χ4n) is 2.17. The van der Waals surface area contributed by atoms with E-state index in [1.54, 1.807) is 6.20 Å². The Labute approximate surface area is 128 Å². The van der Waals surface area contributed by atoms with E-state index in [0.717, 1.165) is 28.6 Å². The average Bonchev–Trinajstić information content (AvgIpc) is 2.95. The van der Waals surface area contributed by atoms with Gasteiger partial charge < -0.3 is 10.3 Å². The summed E-state index contributed by atoms with van der Waals surface area (Å²) in [5.74, 6) is 0.437. The van der Waals surface area contributed by atoms with Crippen molar-refractivity contribution in [1.29, 1.82) is 0 Å². The molecule has 0 spiro atoms. The van der Waals surface area contributed by atoms with Crippen molar-refractivity contribution in [1.82, 2.24) is 20.3 Å². The maximum absolute atomic E-state index is 11.6. The summed E-state index contributed by atoms with van der Waals surface area (Å²) >= 11 is 0. The molecular weight excluding hydrogens is 278 g/mol. The highest BCUT2D eigenvalue weighted by molar-refractivity contribution is 5.90. The van der Waals surface area contributed by atoms with Crippen molar-refractivity contribution in [2.24, 2.45) is 0 Å². The van der Waals surface area contributed by atoms with E-state index in [9.17, 15) is 4.79 Å². The zero-order chi connectivity index (χ0) is 15.4. The Morgan fingerprint density at radius 2 is 2.18 bits per heavy atom. The monoisotopic (exact) mass is 295 g/mol. The molecule has 0 saturated carbocycles. The molecule has 3 N–H and O–H groups in total. The number of anilines is 1. The largest absolute Gasteiger partial charge is 0.338 e. The lowest BCUT2D eigenvalue weighted by atomic mass is 10.1. The molecule has 6 heteroatoms. The van der Waals surface area contributed by atoms with Crippen LogP contribution in [0.15, 0.2) is 42.7 Å². The van der Waals surface area contributed by atoms with Crippen molar-refractivity contribution < 1.29 is 4.79 Å². The number of hydrogen-bond acceptors (Lipinski definition) is 3. The van der Waals surface area contributed by atoms with Crippen LogP contribution in [0.25, 0.3) is 22.2 Å². The van der Waals surface area contributed by atoms with E-state index in [1.807, 2.05) is 43.5 Å². The van der Waals surface area contributed by atoms with E-state index in [1.165, 1.54) is 0 Å². The molecule has 0 bridgehead atoms. The Morgan fingerprint density at radius 3 is 2.95 bits per heavy atom. The van der Waals surface area contributed by atoms with Crippen molar-refractivity contribution in [2.45, 2.75) is 13.3 Å². The molecule has 3 aromatic rings. The molecule has 0 radical (unpaired) electrons. The van der Waals surface area contributed by atoms with Crippen molar-refractivity contribution in [2.75, 3.05) is 11.9 Å². The molecule has 112 valence electrons. The molecule has 2 amide bonds. The van der Waals surface area contributed by atoms with Gasteiger partial charge in [0.25, 0.3) is 0 Å². The van der Waals surface area contributed by atoms with E-state index < -0.39 is 0 Å². The number of H-pyrrole nitrogens is 1. The standard InChI is InChI=1S/C16H17N5O/c1-2-7-18-16(22)21-15-19-13-6-5-11(9-14(13)20-15)12-4-3-8-17-10-12/h3-6,8-10H,2,7H2,1H3,(H3,18,19,20,21,22). The molecule has 0 atom stereocenters. The van der Waals surface area contributed by atoms with Gasteiger partial charge in [-0.2, -0.15) is 0 Å². The van der Waals surface area contributed by atoms with Gasteiger partial charge in [-0.25, -0.2) is 9.78 Å². The molecule has 6 nitrogen and oxygen atoms in total. The Balaban J connectivity index is 1.83. The van der Waals surface area contributed by atoms with E-state index in [4.69, 9.17) is 0 Å². The number of rotatable bonds is 4. The summed E-state index contributed by atoms with van der Waals surface area (Å²) in [7, 11) is 0. The van der Waals surface area contributed by atoms with Gasteiger partial charge in [0, 0.05) is 24.5 Å². The Morgan fingerprint density at radius 1 is 1.27 bits per heavy atom. The first kappa shape index (κ1) is 14.1. The van der Waals surface area contributed by atoms with Gasteiger partial charge in [0.05, 0.1) is 11.0 Å². The van der Waals surface area contributed by atoms with Gasteiger partial charge in [-0.05, 0) is 30.2 Å². The van der Waals surface area contributed by atoms with Crippen LogP contribution in [-0.4, -0.2) is 27.5 Å². The SMILES string of the molecule is CCCNC(=O)Nc1nc2ccc(-c3cccnc3)cc2[nH]1. The molecular formula is C16H17N5O. The normalized spacial score (nSPS) is 10.6. The molecule has 3 rings (SSSR count). The summed E-state index contributed by atoms with van der Waals surface area (Å²) in [6, 6.07) is 9.55. The number of aromatic amines is 1. The third-order valence-corrected chi connectivity index (χ3v) is 3.24. The van der Waals surface area contributed by atoms with Crippen LogP contribution in [0.4, 0.5) is 10.7 Å². The van der Waals surface area contributed by atoms with Crippen LogP contribution in [0.3, 0.4) is 0 Å². The number of fused-ring (bicyclic) bond motifs is 1. The second-order valence-corrected chi connectivity index (χ2v) is 4.94. The van der Waals surface area contributed by atoms with E-state index in [0.29, 0.717) is 12.5 Å². The Kier molecular flexibility index (Phi) is 4.00. The number of nitrogens with zero attached hydrogens (tertiary/aromatic N) is 2. The van der Waals surface area contributed by atoms with Crippen molar-refractivity contribution in [3.05, 3.63) is 42.7 Å². The van der Waals surface area contributed by atoms with Crippen molar-refractivity contribution in [3.8, 4) is 11.1 Å². The highest BCUT2D eigenvalue weighted by atomic mass is 16.2. The summed E-state index contributed by atoms with van der Waals surface area (Å²) in [5, 5.41) is 5.44. The highest BCUT2D eigenvalue weighted by Gasteiger charge is 2.07. The smallest absolute Gasteiger partial charge is 0.321 e. The quantitative estimate of drug-likeness (QED) is 0.691. The molecule has 0 fully saturated rings. The fraction of sp³-hybridized carbons (Fsp3) is 0.188. The summed E-state index contributed by atoms with van der Waals surface area (Å²) in [5.41, 5.74) is 3.76. The lowest BCUT2D eigenvalue weighted by Crippen LogP contribution is -2.29. The van der Waals surface area contributed by atoms with Crippen LogP contribution in [-0.2, 0) is 0 Å². The molecule has 0 aliphatic rings. The minimum atomic E-state index is -0.256. The number of pyridine rings is 1. The number of nitrogens with one attached hydrogen (secondary N) is 3. The van der Waals surface area contributed by atoms with Crippen LogP contribution in [0.5, 0.6) is 0 Å². The summed E-state index contributed by atoms with van der Waals surface area (Å²) in [4.78, 5) is 23.2. The predicted octanol–water partition coefficient (Wildman–Crippen LogP) is 3.16. The number of carbonyl (C=O) groups is 1. The van der Waals surface area contributed by atoms with E-state index >= 15 is 0 Å². The maximum atomic E-state index is 11.6. The minimum absolute atomic E-state index is 0.256. The highest BCUT2D eigenvalue weighted by Crippen LogP contribution is 2.23. The predicted molar refractivity (Wildman–Crippen MR) is 86.6 cm³/mol. The molecule has 22 heavy (non-hydrogen) atoms. The van der Waals surface area contributed by atoms with E-state index in [-0.39, 0.29) is 6.03 Å². The number of hydrogen-bond donors (Lipinski definition) is 3. The number of aromatic nitrogens is 3. The third kappa shape index (κ3) is 3.06. The van der Waals surface area contributed by atoms with Crippen molar-refractivity contribution in [3.63, 3.8) is 0 Å². The molecule has 2 aromatic heterocycles. The van der Waals surface area contributed by atoms with E-state index in [2.05, 4.69) is 25.6 Å². The Hall–Kier alpha value is -2.89. The summed E-state index contributed by atoms with van der Waals surface area (Å²) in [6.45, 7) is 2.64. The molecule has 0 saturated heterocycles. The number of urea groups is 1. The summed E-state index contributed by atoms with van der Waals surface area (Å²) in [6.07, 6.45) is 4.45. The number of benzene rings is 1. The minimum Gasteiger partial charge on any atom is -0.338 e. The van der Waals surface area contributed by atoms with Gasteiger partial charge in [-0.3, -0.25) is 10.3 Å². The third-order valence-electron chi connectivity index (χ3n) is 3.24. The first-order valence-corrected chi connectivity index (χ1v) is 7.21. The second-order valence-electron chi connectivity index (χ2n) is 4.94. The molecule has 1 aromatic carbocycles. The first-order chi connectivity index (χ1) is 10.8. The van der Waals surface area contributed by atoms with Crippen LogP contribution in [0.2, 0.25) is 0 Å². The number of amides is 2.